The monoisotopic (exact) mass is 285 g/mol. The number of carbonyl (C=O) groups excluding carboxylic acids is 2. The molecule has 0 unspecified atom stereocenters. The molecule has 21 heavy (non-hydrogen) atoms. The minimum absolute atomic E-state index is 0.0135. The van der Waals surface area contributed by atoms with Crippen molar-refractivity contribution in [3.63, 3.8) is 0 Å². The summed E-state index contributed by atoms with van der Waals surface area (Å²) in [7, 11) is 0. The Morgan fingerprint density at radius 3 is 2.95 bits per heavy atom. The van der Waals surface area contributed by atoms with Gasteiger partial charge in [-0.3, -0.25) is 14.3 Å². The second-order valence-electron chi connectivity index (χ2n) is 4.93. The van der Waals surface area contributed by atoms with Gasteiger partial charge in [-0.15, -0.1) is 0 Å². The van der Waals surface area contributed by atoms with Gasteiger partial charge in [0.05, 0.1) is 11.9 Å². The molecule has 1 aliphatic rings. The van der Waals surface area contributed by atoms with Gasteiger partial charge in [0.15, 0.2) is 0 Å². The second kappa shape index (κ2) is 5.37. The molecule has 4 N–H and O–H groups in total. The highest BCUT2D eigenvalue weighted by molar-refractivity contribution is 6.04. The Kier molecular flexibility index (Phi) is 3.41. The second-order valence-corrected chi connectivity index (χ2v) is 4.93. The van der Waals surface area contributed by atoms with Crippen molar-refractivity contribution in [2.75, 3.05) is 5.32 Å². The summed E-state index contributed by atoms with van der Waals surface area (Å²) in [5.74, 6) is -0.689. The van der Waals surface area contributed by atoms with Crippen LogP contribution in [0.4, 0.5) is 5.69 Å². The van der Waals surface area contributed by atoms with E-state index in [1.807, 2.05) is 12.1 Å². The lowest BCUT2D eigenvalue weighted by molar-refractivity contribution is -0.118. The molecule has 0 atom stereocenters. The van der Waals surface area contributed by atoms with Gasteiger partial charge in [0.1, 0.15) is 6.54 Å². The minimum Gasteiger partial charge on any atom is -0.368 e. The van der Waals surface area contributed by atoms with Gasteiger partial charge in [0, 0.05) is 24.8 Å². The maximum absolute atomic E-state index is 12.2. The van der Waals surface area contributed by atoms with Gasteiger partial charge in [-0.2, -0.15) is 5.10 Å². The van der Waals surface area contributed by atoms with Gasteiger partial charge in [-0.25, -0.2) is 0 Å². The fourth-order valence-corrected chi connectivity index (χ4v) is 2.31. The molecular formula is C14H15N5O2. The lowest BCUT2D eigenvalue weighted by atomic mass is 10.1. The van der Waals surface area contributed by atoms with Crippen LogP contribution in [0, 0.1) is 0 Å². The Labute approximate surface area is 121 Å². The van der Waals surface area contributed by atoms with Crippen LogP contribution in [0.1, 0.15) is 21.5 Å². The molecule has 3 rings (SSSR count). The number of benzene rings is 1. The van der Waals surface area contributed by atoms with Crippen molar-refractivity contribution in [1.82, 2.24) is 15.1 Å². The molecule has 2 aromatic rings. The molecule has 2 heterocycles. The summed E-state index contributed by atoms with van der Waals surface area (Å²) in [4.78, 5) is 23.0. The van der Waals surface area contributed by atoms with Crippen LogP contribution in [0.25, 0.3) is 0 Å². The predicted octanol–water partition coefficient (Wildman–Crippen LogP) is 0.224. The lowest BCUT2D eigenvalue weighted by Gasteiger charge is -2.04. The van der Waals surface area contributed by atoms with Crippen molar-refractivity contribution in [1.29, 1.82) is 0 Å². The van der Waals surface area contributed by atoms with Gasteiger partial charge >= 0.3 is 0 Å². The molecule has 1 aromatic carbocycles. The van der Waals surface area contributed by atoms with Gasteiger partial charge in [0.2, 0.25) is 5.91 Å². The molecular weight excluding hydrogens is 270 g/mol. The van der Waals surface area contributed by atoms with Crippen LogP contribution in [0.15, 0.2) is 30.6 Å². The molecule has 0 saturated carbocycles. The standard InChI is InChI=1S/C14H15N5O2/c15-13(20)8-19-7-12(6-17-19)18-14(21)9-1-2-10-4-16-5-11(10)3-9/h1-3,6-7,16H,4-5,8H2,(H2,15,20)(H,18,21). The van der Waals surface area contributed by atoms with Crippen molar-refractivity contribution in [3.8, 4) is 0 Å². The summed E-state index contributed by atoms with van der Waals surface area (Å²) in [5.41, 5.74) is 8.58. The topological polar surface area (TPSA) is 102 Å². The number of amides is 2. The predicted molar refractivity (Wildman–Crippen MR) is 76.4 cm³/mol. The number of rotatable bonds is 4. The summed E-state index contributed by atoms with van der Waals surface area (Å²) in [6.07, 6.45) is 3.05. The van der Waals surface area contributed by atoms with Gasteiger partial charge in [0.25, 0.3) is 5.91 Å². The zero-order chi connectivity index (χ0) is 14.8. The van der Waals surface area contributed by atoms with E-state index in [-0.39, 0.29) is 12.5 Å². The van der Waals surface area contributed by atoms with Gasteiger partial charge in [-0.05, 0) is 23.3 Å². The molecule has 0 saturated heterocycles. The average Bonchev–Trinajstić information content (AvgIpc) is 3.06. The number of nitrogens with two attached hydrogens (primary N) is 1. The molecule has 7 heteroatoms. The van der Waals surface area contributed by atoms with Crippen molar-refractivity contribution in [3.05, 3.63) is 47.3 Å². The number of hydrogen-bond donors (Lipinski definition) is 3. The largest absolute Gasteiger partial charge is 0.368 e. The van der Waals surface area contributed by atoms with E-state index < -0.39 is 5.91 Å². The quantitative estimate of drug-likeness (QED) is 0.748. The third-order valence-electron chi connectivity index (χ3n) is 3.31. The summed E-state index contributed by atoms with van der Waals surface area (Å²) in [6.45, 7) is 1.62. The van der Waals surface area contributed by atoms with E-state index in [1.54, 1.807) is 12.3 Å². The first kappa shape index (κ1) is 13.3. The Hall–Kier alpha value is -2.67. The third kappa shape index (κ3) is 2.92. The Morgan fingerprint density at radius 2 is 2.14 bits per heavy atom. The number of carbonyl (C=O) groups is 2. The van der Waals surface area contributed by atoms with E-state index in [0.29, 0.717) is 11.3 Å². The maximum atomic E-state index is 12.2. The summed E-state index contributed by atoms with van der Waals surface area (Å²) in [5, 5.41) is 9.94. The highest BCUT2D eigenvalue weighted by Crippen LogP contribution is 2.18. The zero-order valence-electron chi connectivity index (χ0n) is 11.3. The number of nitrogens with one attached hydrogen (secondary N) is 2. The average molecular weight is 285 g/mol. The summed E-state index contributed by atoms with van der Waals surface area (Å²) >= 11 is 0. The van der Waals surface area contributed by atoms with Crippen LogP contribution in [0.3, 0.4) is 0 Å². The zero-order valence-corrected chi connectivity index (χ0v) is 11.3. The lowest BCUT2D eigenvalue weighted by Crippen LogP contribution is -2.18. The van der Waals surface area contributed by atoms with E-state index in [4.69, 9.17) is 5.73 Å². The van der Waals surface area contributed by atoms with Crippen LogP contribution < -0.4 is 16.4 Å². The van der Waals surface area contributed by atoms with Crippen molar-refractivity contribution >= 4 is 17.5 Å². The van der Waals surface area contributed by atoms with E-state index in [0.717, 1.165) is 18.7 Å². The third-order valence-corrected chi connectivity index (χ3v) is 3.31. The number of primary amides is 1. The smallest absolute Gasteiger partial charge is 0.255 e. The molecule has 0 aliphatic carbocycles. The van der Waals surface area contributed by atoms with Gasteiger partial charge < -0.3 is 16.4 Å². The first-order valence-corrected chi connectivity index (χ1v) is 6.56. The van der Waals surface area contributed by atoms with Gasteiger partial charge in [-0.1, -0.05) is 6.07 Å². The first-order chi connectivity index (χ1) is 10.1. The molecule has 1 aromatic heterocycles. The number of fused-ring (bicyclic) bond motifs is 1. The fourth-order valence-electron chi connectivity index (χ4n) is 2.31. The Morgan fingerprint density at radius 1 is 1.33 bits per heavy atom. The van der Waals surface area contributed by atoms with E-state index in [2.05, 4.69) is 15.7 Å². The normalized spacial score (nSPS) is 13.0. The van der Waals surface area contributed by atoms with E-state index >= 15 is 0 Å². The molecule has 1 aliphatic heterocycles. The molecule has 108 valence electrons. The number of nitrogens with zero attached hydrogens (tertiary/aromatic N) is 2. The van der Waals surface area contributed by atoms with Crippen LogP contribution >= 0.6 is 0 Å². The molecule has 0 radical (unpaired) electrons. The number of aromatic nitrogens is 2. The van der Waals surface area contributed by atoms with Crippen molar-refractivity contribution in [2.24, 2.45) is 5.73 Å². The molecule has 7 nitrogen and oxygen atoms in total. The number of anilines is 1. The van der Waals surface area contributed by atoms with E-state index in [9.17, 15) is 9.59 Å². The first-order valence-electron chi connectivity index (χ1n) is 6.56. The fraction of sp³-hybridized carbons (Fsp3) is 0.214. The summed E-state index contributed by atoms with van der Waals surface area (Å²) < 4.78 is 1.38. The van der Waals surface area contributed by atoms with Crippen LogP contribution in [-0.2, 0) is 24.4 Å². The Balaban J connectivity index is 1.71. The maximum Gasteiger partial charge on any atom is 0.255 e. The van der Waals surface area contributed by atoms with Crippen LogP contribution in [0.5, 0.6) is 0 Å². The van der Waals surface area contributed by atoms with Crippen LogP contribution in [0.2, 0.25) is 0 Å². The highest BCUT2D eigenvalue weighted by Gasteiger charge is 2.14. The molecule has 0 spiro atoms. The molecule has 0 fully saturated rings. The molecule has 2 amide bonds. The SMILES string of the molecule is NC(=O)Cn1cc(NC(=O)c2ccc3c(c2)CNC3)cn1. The van der Waals surface area contributed by atoms with Crippen molar-refractivity contribution in [2.45, 2.75) is 19.6 Å². The van der Waals surface area contributed by atoms with E-state index in [1.165, 1.54) is 16.4 Å². The van der Waals surface area contributed by atoms with Crippen molar-refractivity contribution < 1.29 is 9.59 Å². The Bertz CT molecular complexity index is 707. The summed E-state index contributed by atoms with van der Waals surface area (Å²) in [6, 6.07) is 5.65. The molecule has 0 bridgehead atoms. The number of hydrogen-bond acceptors (Lipinski definition) is 4. The highest BCUT2D eigenvalue weighted by atomic mass is 16.2. The minimum atomic E-state index is -0.484. The van der Waals surface area contributed by atoms with Crippen LogP contribution in [-0.4, -0.2) is 21.6 Å².